The van der Waals surface area contributed by atoms with E-state index < -0.39 is 5.97 Å². The first-order valence-electron chi connectivity index (χ1n) is 5.91. The Morgan fingerprint density at radius 2 is 1.80 bits per heavy atom. The predicted molar refractivity (Wildman–Crippen MR) is 70.3 cm³/mol. The minimum absolute atomic E-state index is 0. The first-order valence-corrected chi connectivity index (χ1v) is 5.91. The maximum atomic E-state index is 10.6. The van der Waals surface area contributed by atoms with E-state index >= 15 is 0 Å². The van der Waals surface area contributed by atoms with Crippen LogP contribution in [-0.4, -0.2) is 5.97 Å². The van der Waals surface area contributed by atoms with Crippen molar-refractivity contribution in [3.63, 3.8) is 0 Å². The van der Waals surface area contributed by atoms with Crippen LogP contribution in [0, 0.1) is 0 Å². The van der Waals surface area contributed by atoms with Gasteiger partial charge in [-0.15, -0.1) is 0 Å². The minimum Gasteiger partial charge on any atom is -0.550 e. The normalized spacial score (nSPS) is 9.60. The average molecular weight is 279 g/mol. The summed E-state index contributed by atoms with van der Waals surface area (Å²) >= 11 is 0. The van der Waals surface area contributed by atoms with Crippen LogP contribution in [0.5, 0.6) is 5.75 Å². The summed E-state index contributed by atoms with van der Waals surface area (Å²) in [6.45, 7) is 0.389. The Morgan fingerprint density at radius 3 is 2.45 bits per heavy atom. The molecule has 0 radical (unpaired) electrons. The van der Waals surface area contributed by atoms with Gasteiger partial charge in [0.25, 0.3) is 0 Å². The molecule has 2 rings (SSSR count). The number of ether oxygens (including phenoxy) is 1. The number of nitrogens with two attached hydrogens (primary N) is 1. The number of hydrogen-bond acceptors (Lipinski definition) is 4. The number of carbonyl (C=O) groups is 1. The van der Waals surface area contributed by atoms with E-state index in [9.17, 15) is 9.90 Å². The SMILES string of the molecule is Nc1c(CC(=O)[O-])cccc1OCc1ccccc1.[Na+]. The van der Waals surface area contributed by atoms with E-state index in [2.05, 4.69) is 0 Å². The van der Waals surface area contributed by atoms with Gasteiger partial charge in [0.1, 0.15) is 12.4 Å². The van der Waals surface area contributed by atoms with Gasteiger partial charge < -0.3 is 20.4 Å². The van der Waals surface area contributed by atoms with Gasteiger partial charge in [-0.1, -0.05) is 42.5 Å². The molecule has 98 valence electrons. The Labute approximate surface area is 139 Å². The number of rotatable bonds is 5. The maximum absolute atomic E-state index is 10.6. The Balaban J connectivity index is 0.00000200. The summed E-state index contributed by atoms with van der Waals surface area (Å²) in [7, 11) is 0. The fourth-order valence-corrected chi connectivity index (χ4v) is 1.76. The first-order chi connectivity index (χ1) is 9.16. The van der Waals surface area contributed by atoms with E-state index in [0.29, 0.717) is 23.6 Å². The van der Waals surface area contributed by atoms with E-state index in [1.165, 1.54) is 0 Å². The van der Waals surface area contributed by atoms with Crippen LogP contribution in [0.3, 0.4) is 0 Å². The van der Waals surface area contributed by atoms with Crippen molar-refractivity contribution in [2.45, 2.75) is 13.0 Å². The monoisotopic (exact) mass is 279 g/mol. The number of para-hydroxylation sites is 1. The average Bonchev–Trinajstić information content (AvgIpc) is 2.40. The number of benzene rings is 2. The summed E-state index contributed by atoms with van der Waals surface area (Å²) in [4.78, 5) is 10.6. The van der Waals surface area contributed by atoms with E-state index in [-0.39, 0.29) is 36.0 Å². The Bertz CT molecular complexity index is 573. The summed E-state index contributed by atoms with van der Waals surface area (Å²) in [5, 5.41) is 10.6. The molecule has 5 heteroatoms. The molecule has 2 aromatic carbocycles. The fraction of sp³-hybridized carbons (Fsp3) is 0.133. The zero-order valence-electron chi connectivity index (χ0n) is 11.3. The maximum Gasteiger partial charge on any atom is 1.00 e. The number of nitrogen functional groups attached to an aromatic ring is 1. The molecule has 0 aliphatic rings. The molecule has 0 atom stereocenters. The third kappa shape index (κ3) is 4.56. The molecule has 20 heavy (non-hydrogen) atoms. The number of carbonyl (C=O) groups excluding carboxylic acids is 1. The van der Waals surface area contributed by atoms with E-state index in [1.807, 2.05) is 30.3 Å². The Hall–Kier alpha value is -1.49. The second kappa shape index (κ2) is 7.94. The summed E-state index contributed by atoms with van der Waals surface area (Å²) in [5.41, 5.74) is 7.76. The van der Waals surface area contributed by atoms with Crippen LogP contribution in [0.15, 0.2) is 48.5 Å². The zero-order chi connectivity index (χ0) is 13.7. The molecule has 0 saturated carbocycles. The van der Waals surface area contributed by atoms with Gasteiger partial charge >= 0.3 is 29.6 Å². The zero-order valence-corrected chi connectivity index (χ0v) is 13.3. The van der Waals surface area contributed by atoms with Crippen molar-refractivity contribution in [2.24, 2.45) is 0 Å². The molecule has 0 aliphatic heterocycles. The number of anilines is 1. The van der Waals surface area contributed by atoms with Crippen molar-refractivity contribution in [3.8, 4) is 5.75 Å². The summed E-state index contributed by atoms with van der Waals surface area (Å²) in [6.07, 6.45) is -0.214. The number of carboxylic acids is 1. The van der Waals surface area contributed by atoms with Crippen LogP contribution in [0.1, 0.15) is 11.1 Å². The number of carboxylic acid groups (broad SMARTS) is 1. The summed E-state index contributed by atoms with van der Waals surface area (Å²) in [5.74, 6) is -0.672. The van der Waals surface area contributed by atoms with Gasteiger partial charge in [-0.2, -0.15) is 0 Å². The third-order valence-electron chi connectivity index (χ3n) is 2.73. The van der Waals surface area contributed by atoms with Crippen molar-refractivity contribution in [1.82, 2.24) is 0 Å². The van der Waals surface area contributed by atoms with Crippen molar-refractivity contribution >= 4 is 11.7 Å². The molecule has 0 saturated heterocycles. The van der Waals surface area contributed by atoms with E-state index in [0.717, 1.165) is 5.56 Å². The van der Waals surface area contributed by atoms with Crippen LogP contribution in [0.25, 0.3) is 0 Å². The minimum atomic E-state index is -1.16. The molecule has 0 spiro atoms. The fourth-order valence-electron chi connectivity index (χ4n) is 1.76. The Morgan fingerprint density at radius 1 is 1.10 bits per heavy atom. The predicted octanol–water partition coefficient (Wildman–Crippen LogP) is -1.86. The topological polar surface area (TPSA) is 75.4 Å². The van der Waals surface area contributed by atoms with Gasteiger partial charge in [-0.3, -0.25) is 0 Å². The molecule has 2 N–H and O–H groups in total. The van der Waals surface area contributed by atoms with E-state index in [1.54, 1.807) is 18.2 Å². The van der Waals surface area contributed by atoms with Gasteiger partial charge in [0, 0.05) is 12.4 Å². The molecule has 0 aromatic heterocycles. The van der Waals surface area contributed by atoms with Crippen LogP contribution < -0.4 is 45.1 Å². The number of aliphatic carboxylic acids is 1. The van der Waals surface area contributed by atoms with Crippen molar-refractivity contribution in [2.75, 3.05) is 5.73 Å². The molecule has 0 fully saturated rings. The van der Waals surface area contributed by atoms with Crippen molar-refractivity contribution < 1.29 is 44.2 Å². The van der Waals surface area contributed by atoms with Gasteiger partial charge in [-0.25, -0.2) is 0 Å². The number of hydrogen-bond donors (Lipinski definition) is 1. The standard InChI is InChI=1S/C15H15NO3.Na/c16-15-12(9-14(17)18)7-4-8-13(15)19-10-11-5-2-1-3-6-11;/h1-8H,9-10,16H2,(H,17,18);/q;+1/p-1. The summed E-state index contributed by atoms with van der Waals surface area (Å²) in [6, 6.07) is 14.8. The van der Waals surface area contributed by atoms with Gasteiger partial charge in [0.05, 0.1) is 5.69 Å². The largest absolute Gasteiger partial charge is 1.00 e. The quantitative estimate of drug-likeness (QED) is 0.515. The Kier molecular flexibility index (Phi) is 6.58. The van der Waals surface area contributed by atoms with Gasteiger partial charge in [0.15, 0.2) is 0 Å². The molecule has 4 nitrogen and oxygen atoms in total. The molecule has 0 heterocycles. The second-order valence-electron chi connectivity index (χ2n) is 4.15. The van der Waals surface area contributed by atoms with Crippen molar-refractivity contribution in [3.05, 3.63) is 59.7 Å². The smallest absolute Gasteiger partial charge is 0.550 e. The van der Waals surface area contributed by atoms with Gasteiger partial charge in [-0.05, 0) is 17.2 Å². The van der Waals surface area contributed by atoms with Crippen LogP contribution >= 0.6 is 0 Å². The van der Waals surface area contributed by atoms with E-state index in [4.69, 9.17) is 10.5 Å². The molecule has 0 aliphatic carbocycles. The first kappa shape index (κ1) is 16.6. The molecule has 0 amide bonds. The molecule has 0 bridgehead atoms. The second-order valence-corrected chi connectivity index (χ2v) is 4.15. The molecular weight excluding hydrogens is 265 g/mol. The van der Waals surface area contributed by atoms with Crippen LogP contribution in [-0.2, 0) is 17.8 Å². The molecule has 0 unspecified atom stereocenters. The molecule has 2 aromatic rings. The van der Waals surface area contributed by atoms with Crippen molar-refractivity contribution in [1.29, 1.82) is 0 Å². The summed E-state index contributed by atoms with van der Waals surface area (Å²) < 4.78 is 5.61. The van der Waals surface area contributed by atoms with Crippen LogP contribution in [0.2, 0.25) is 0 Å². The van der Waals surface area contributed by atoms with Crippen LogP contribution in [0.4, 0.5) is 5.69 Å². The van der Waals surface area contributed by atoms with Gasteiger partial charge in [0.2, 0.25) is 0 Å². The molecular formula is C15H14NNaO3. The third-order valence-corrected chi connectivity index (χ3v) is 2.73.